The Balaban J connectivity index is 1.67. The standard InChI is InChI=1S/C19H11F5N2O3S/c1-9-25-16(18(20,21)22)15(30-9)17(27)26-12-5-3-2-4-11(12)10-6-7-13-14(8-10)29-19(23,24)28-13/h2-8H,1H3,(H,26,27). The molecule has 1 N–H and O–H groups in total. The van der Waals surface area contributed by atoms with Gasteiger partial charge in [-0.3, -0.25) is 4.79 Å². The number of nitrogens with zero attached hydrogens (tertiary/aromatic N) is 1. The Morgan fingerprint density at radius 2 is 1.80 bits per heavy atom. The van der Waals surface area contributed by atoms with Crippen molar-refractivity contribution in [1.29, 1.82) is 0 Å². The van der Waals surface area contributed by atoms with E-state index in [-0.39, 0.29) is 22.2 Å². The number of nitrogens with one attached hydrogen (secondary N) is 1. The molecule has 0 aliphatic carbocycles. The van der Waals surface area contributed by atoms with Gasteiger partial charge in [-0.1, -0.05) is 24.3 Å². The number of anilines is 1. The summed E-state index contributed by atoms with van der Waals surface area (Å²) in [7, 11) is 0. The number of para-hydroxylation sites is 1. The second-order valence-corrected chi connectivity index (χ2v) is 7.44. The molecule has 0 spiro atoms. The van der Waals surface area contributed by atoms with Crippen LogP contribution < -0.4 is 14.8 Å². The lowest BCUT2D eigenvalue weighted by molar-refractivity contribution is -0.286. The summed E-state index contributed by atoms with van der Waals surface area (Å²) < 4.78 is 74.8. The van der Waals surface area contributed by atoms with E-state index in [2.05, 4.69) is 19.8 Å². The molecule has 2 heterocycles. The van der Waals surface area contributed by atoms with Gasteiger partial charge in [0.2, 0.25) is 0 Å². The highest BCUT2D eigenvalue weighted by molar-refractivity contribution is 7.13. The number of alkyl halides is 5. The Labute approximate surface area is 170 Å². The Hall–Kier alpha value is -3.21. The van der Waals surface area contributed by atoms with E-state index in [1.165, 1.54) is 31.2 Å². The van der Waals surface area contributed by atoms with Crippen LogP contribution in [0.2, 0.25) is 0 Å². The highest BCUT2D eigenvalue weighted by Crippen LogP contribution is 2.44. The van der Waals surface area contributed by atoms with Crippen molar-refractivity contribution in [2.45, 2.75) is 19.4 Å². The topological polar surface area (TPSA) is 60.5 Å². The molecule has 0 radical (unpaired) electrons. The molecule has 11 heteroatoms. The molecule has 1 aliphatic heterocycles. The van der Waals surface area contributed by atoms with Crippen molar-refractivity contribution in [2.75, 3.05) is 5.32 Å². The molecule has 4 rings (SSSR count). The summed E-state index contributed by atoms with van der Waals surface area (Å²) >= 11 is 0.623. The molecule has 1 amide bonds. The van der Waals surface area contributed by atoms with Crippen molar-refractivity contribution in [1.82, 2.24) is 4.98 Å². The first-order valence-electron chi connectivity index (χ1n) is 8.39. The van der Waals surface area contributed by atoms with Crippen LogP contribution in [0.15, 0.2) is 42.5 Å². The van der Waals surface area contributed by atoms with E-state index in [0.29, 0.717) is 22.5 Å². The van der Waals surface area contributed by atoms with Crippen molar-refractivity contribution in [3.8, 4) is 22.6 Å². The minimum atomic E-state index is -4.78. The minimum absolute atomic E-state index is 0.0949. The Morgan fingerprint density at radius 1 is 1.10 bits per heavy atom. The third kappa shape index (κ3) is 3.80. The largest absolute Gasteiger partial charge is 0.586 e. The zero-order valence-corrected chi connectivity index (χ0v) is 15.8. The van der Waals surface area contributed by atoms with E-state index in [0.717, 1.165) is 0 Å². The first kappa shape index (κ1) is 20.1. The molecule has 2 aromatic carbocycles. The van der Waals surface area contributed by atoms with E-state index < -0.39 is 28.9 Å². The highest BCUT2D eigenvalue weighted by Gasteiger charge is 2.43. The fourth-order valence-corrected chi connectivity index (χ4v) is 3.75. The van der Waals surface area contributed by atoms with Crippen LogP contribution in [-0.2, 0) is 6.18 Å². The van der Waals surface area contributed by atoms with Crippen molar-refractivity contribution in [3.05, 3.63) is 58.0 Å². The van der Waals surface area contributed by atoms with Gasteiger partial charge in [0.15, 0.2) is 17.2 Å². The van der Waals surface area contributed by atoms with E-state index in [1.807, 2.05) is 0 Å². The van der Waals surface area contributed by atoms with Gasteiger partial charge in [0.25, 0.3) is 5.91 Å². The van der Waals surface area contributed by atoms with Gasteiger partial charge in [-0.15, -0.1) is 20.1 Å². The Bertz CT molecular complexity index is 1140. The van der Waals surface area contributed by atoms with Gasteiger partial charge < -0.3 is 14.8 Å². The van der Waals surface area contributed by atoms with E-state index in [4.69, 9.17) is 0 Å². The van der Waals surface area contributed by atoms with Crippen molar-refractivity contribution in [2.24, 2.45) is 0 Å². The normalized spacial score (nSPS) is 14.6. The molecule has 3 aromatic rings. The number of hydrogen-bond acceptors (Lipinski definition) is 5. The maximum atomic E-state index is 13.2. The first-order chi connectivity index (χ1) is 14.0. The van der Waals surface area contributed by atoms with Crippen LogP contribution in [0.3, 0.4) is 0 Å². The number of benzene rings is 2. The molecule has 5 nitrogen and oxygen atoms in total. The van der Waals surface area contributed by atoms with Gasteiger partial charge in [-0.25, -0.2) is 4.98 Å². The van der Waals surface area contributed by atoms with E-state index in [1.54, 1.807) is 18.2 Å². The maximum absolute atomic E-state index is 13.2. The molecule has 0 bridgehead atoms. The number of aryl methyl sites for hydroxylation is 1. The summed E-state index contributed by atoms with van der Waals surface area (Å²) in [4.78, 5) is 15.4. The molecular formula is C19H11F5N2O3S. The average molecular weight is 442 g/mol. The summed E-state index contributed by atoms with van der Waals surface area (Å²) in [5, 5.41) is 2.54. The van der Waals surface area contributed by atoms with Gasteiger partial charge in [0.1, 0.15) is 4.88 Å². The third-order valence-corrected chi connectivity index (χ3v) is 5.07. The van der Waals surface area contributed by atoms with Crippen LogP contribution in [0.4, 0.5) is 27.6 Å². The number of rotatable bonds is 3. The fourth-order valence-electron chi connectivity index (χ4n) is 2.91. The van der Waals surface area contributed by atoms with Crippen molar-refractivity contribution >= 4 is 22.9 Å². The smallest absolute Gasteiger partial charge is 0.395 e. The fraction of sp³-hybridized carbons (Fsp3) is 0.158. The lowest BCUT2D eigenvalue weighted by Gasteiger charge is -2.12. The summed E-state index contributed by atoms with van der Waals surface area (Å²) in [5.41, 5.74) is -0.290. The summed E-state index contributed by atoms with van der Waals surface area (Å²) in [5.74, 6) is -1.33. The minimum Gasteiger partial charge on any atom is -0.395 e. The summed E-state index contributed by atoms with van der Waals surface area (Å²) in [6, 6.07) is 10.3. The van der Waals surface area contributed by atoms with Crippen LogP contribution >= 0.6 is 11.3 Å². The molecular weight excluding hydrogens is 431 g/mol. The van der Waals surface area contributed by atoms with Crippen molar-refractivity contribution < 1.29 is 36.2 Å². The molecule has 0 saturated carbocycles. The second kappa shape index (κ2) is 6.94. The number of amides is 1. The quantitative estimate of drug-likeness (QED) is 0.528. The molecule has 0 atom stereocenters. The van der Waals surface area contributed by atoms with Gasteiger partial charge in [0, 0.05) is 11.3 Å². The van der Waals surface area contributed by atoms with Gasteiger partial charge in [0.05, 0.1) is 5.01 Å². The molecule has 1 aliphatic rings. The Kier molecular flexibility index (Phi) is 4.64. The lowest BCUT2D eigenvalue weighted by atomic mass is 10.0. The lowest BCUT2D eigenvalue weighted by Crippen LogP contribution is -2.25. The predicted octanol–water partition coefficient (Wildman–Crippen LogP) is 5.71. The van der Waals surface area contributed by atoms with Crippen LogP contribution in [-0.4, -0.2) is 17.2 Å². The molecule has 0 unspecified atom stereocenters. The van der Waals surface area contributed by atoms with Gasteiger partial charge in [-0.05, 0) is 30.7 Å². The second-order valence-electron chi connectivity index (χ2n) is 6.24. The van der Waals surface area contributed by atoms with Crippen LogP contribution in [0.1, 0.15) is 20.4 Å². The highest BCUT2D eigenvalue weighted by atomic mass is 32.1. The predicted molar refractivity (Wildman–Crippen MR) is 97.9 cm³/mol. The number of halogens is 5. The SMILES string of the molecule is Cc1nc(C(F)(F)F)c(C(=O)Nc2ccccc2-c2ccc3c(c2)OC(F)(F)O3)s1. The van der Waals surface area contributed by atoms with Crippen LogP contribution in [0, 0.1) is 6.92 Å². The maximum Gasteiger partial charge on any atom is 0.586 e. The van der Waals surface area contributed by atoms with Crippen LogP contribution in [0.5, 0.6) is 11.5 Å². The molecule has 1 aromatic heterocycles. The van der Waals surface area contributed by atoms with Crippen LogP contribution in [0.25, 0.3) is 11.1 Å². The molecule has 0 saturated heterocycles. The summed E-state index contributed by atoms with van der Waals surface area (Å²) in [6.07, 6.45) is -8.56. The number of aromatic nitrogens is 1. The van der Waals surface area contributed by atoms with Gasteiger partial charge >= 0.3 is 12.5 Å². The molecule has 156 valence electrons. The number of fused-ring (bicyclic) bond motifs is 1. The number of carbonyl (C=O) groups is 1. The third-order valence-electron chi connectivity index (χ3n) is 4.10. The monoisotopic (exact) mass is 442 g/mol. The molecule has 0 fully saturated rings. The first-order valence-corrected chi connectivity index (χ1v) is 9.20. The number of hydrogen-bond donors (Lipinski definition) is 1. The Morgan fingerprint density at radius 3 is 2.53 bits per heavy atom. The van der Waals surface area contributed by atoms with Crippen molar-refractivity contribution in [3.63, 3.8) is 0 Å². The van der Waals surface area contributed by atoms with Gasteiger partial charge in [-0.2, -0.15) is 13.2 Å². The zero-order valence-electron chi connectivity index (χ0n) is 15.0. The molecule has 30 heavy (non-hydrogen) atoms. The summed E-state index contributed by atoms with van der Waals surface area (Å²) in [6.45, 7) is 1.37. The number of thiazole rings is 1. The average Bonchev–Trinajstić information content (AvgIpc) is 3.19. The number of ether oxygens (including phenoxy) is 2. The van der Waals surface area contributed by atoms with E-state index >= 15 is 0 Å². The van der Waals surface area contributed by atoms with E-state index in [9.17, 15) is 26.7 Å². The number of carbonyl (C=O) groups excluding carboxylic acids is 1. The zero-order chi connectivity index (χ0) is 21.7.